The molecular weight excluding hydrogens is 431 g/mol. The second kappa shape index (κ2) is 8.47. The van der Waals surface area contributed by atoms with Crippen LogP contribution in [0.25, 0.3) is 0 Å². The Bertz CT molecular complexity index is 825. The highest BCUT2D eigenvalue weighted by Crippen LogP contribution is 2.48. The van der Waals surface area contributed by atoms with E-state index in [0.29, 0.717) is 11.3 Å². The average Bonchev–Trinajstić information content (AvgIpc) is 2.58. The predicted molar refractivity (Wildman–Crippen MR) is 102 cm³/mol. The number of hydrogen-bond donors (Lipinski definition) is 1. The van der Waals surface area contributed by atoms with Gasteiger partial charge >= 0.3 is 0 Å². The van der Waals surface area contributed by atoms with E-state index in [4.69, 9.17) is 62.7 Å². The number of nitrogens with one attached hydrogen (secondary N) is 1. The number of carbonyl (C=O) groups is 2. The van der Waals surface area contributed by atoms with Gasteiger partial charge in [0.05, 0.1) is 15.1 Å². The highest BCUT2D eigenvalue weighted by molar-refractivity contribution is 6.55. The Hall–Kier alpha value is -1.17. The SMILES string of the molecule is CC(=O)c1cccc(NC(=O)COc2c(Cl)c(Cl)c(Cl)c(Cl)c2Cl)c1. The summed E-state index contributed by atoms with van der Waals surface area (Å²) in [6, 6.07) is 6.49. The van der Waals surface area contributed by atoms with Crippen molar-refractivity contribution in [2.45, 2.75) is 6.92 Å². The molecule has 0 saturated carbocycles. The largest absolute Gasteiger partial charge is 0.481 e. The Kier molecular flexibility index (Phi) is 6.83. The lowest BCUT2D eigenvalue weighted by Gasteiger charge is -2.13. The molecular formula is C16H10Cl5NO3. The van der Waals surface area contributed by atoms with Gasteiger partial charge in [-0.25, -0.2) is 0 Å². The van der Waals surface area contributed by atoms with Gasteiger partial charge in [-0.3, -0.25) is 9.59 Å². The van der Waals surface area contributed by atoms with E-state index in [1.165, 1.54) is 6.92 Å². The zero-order chi connectivity index (χ0) is 18.7. The van der Waals surface area contributed by atoms with Crippen molar-refractivity contribution < 1.29 is 14.3 Å². The monoisotopic (exact) mass is 439 g/mol. The van der Waals surface area contributed by atoms with Gasteiger partial charge in [-0.15, -0.1) is 0 Å². The first kappa shape index (κ1) is 20.1. The molecule has 9 heteroatoms. The summed E-state index contributed by atoms with van der Waals surface area (Å²) in [7, 11) is 0. The quantitative estimate of drug-likeness (QED) is 0.343. The van der Waals surface area contributed by atoms with Gasteiger partial charge in [0.2, 0.25) is 0 Å². The minimum atomic E-state index is -0.491. The van der Waals surface area contributed by atoms with Crippen LogP contribution in [0.3, 0.4) is 0 Å². The fourth-order valence-corrected chi connectivity index (χ4v) is 3.09. The summed E-state index contributed by atoms with van der Waals surface area (Å²) in [4.78, 5) is 23.4. The van der Waals surface area contributed by atoms with Crippen molar-refractivity contribution in [1.29, 1.82) is 0 Å². The summed E-state index contributed by atoms with van der Waals surface area (Å²) in [6.07, 6.45) is 0. The number of benzene rings is 2. The molecule has 0 aliphatic carbocycles. The van der Waals surface area contributed by atoms with Crippen molar-refractivity contribution in [2.75, 3.05) is 11.9 Å². The molecule has 1 N–H and O–H groups in total. The number of halogens is 5. The molecule has 0 radical (unpaired) electrons. The molecule has 0 aromatic heterocycles. The standard InChI is InChI=1S/C16H10Cl5NO3/c1-7(23)8-3-2-4-9(5-8)22-10(24)6-25-16-14(20)12(18)11(17)13(19)15(16)21/h2-5H,6H2,1H3,(H,22,24). The molecule has 0 spiro atoms. The normalized spacial score (nSPS) is 10.5. The smallest absolute Gasteiger partial charge is 0.262 e. The number of hydrogen-bond acceptors (Lipinski definition) is 3. The molecule has 1 amide bonds. The van der Waals surface area contributed by atoms with Gasteiger partial charge in [-0.1, -0.05) is 70.1 Å². The molecule has 2 rings (SSSR count). The van der Waals surface area contributed by atoms with Gasteiger partial charge in [0.1, 0.15) is 10.0 Å². The molecule has 25 heavy (non-hydrogen) atoms. The van der Waals surface area contributed by atoms with E-state index in [0.717, 1.165) is 0 Å². The molecule has 0 saturated heterocycles. The third kappa shape index (κ3) is 4.72. The van der Waals surface area contributed by atoms with Crippen LogP contribution in [0.2, 0.25) is 25.1 Å². The Morgan fingerprint density at radius 1 is 0.960 bits per heavy atom. The van der Waals surface area contributed by atoms with E-state index < -0.39 is 12.5 Å². The van der Waals surface area contributed by atoms with Gasteiger partial charge < -0.3 is 10.1 Å². The number of Topliss-reactive ketones (excluding diaryl/α,β-unsaturated/α-hetero) is 1. The van der Waals surface area contributed by atoms with Gasteiger partial charge in [-0.05, 0) is 19.1 Å². The molecule has 0 heterocycles. The van der Waals surface area contributed by atoms with Crippen LogP contribution >= 0.6 is 58.0 Å². The number of ether oxygens (including phenoxy) is 1. The number of anilines is 1. The fraction of sp³-hybridized carbons (Fsp3) is 0.125. The van der Waals surface area contributed by atoms with Crippen molar-refractivity contribution >= 4 is 75.4 Å². The molecule has 0 aliphatic heterocycles. The zero-order valence-corrected chi connectivity index (χ0v) is 16.4. The van der Waals surface area contributed by atoms with Crippen LogP contribution in [-0.2, 0) is 4.79 Å². The zero-order valence-electron chi connectivity index (χ0n) is 12.6. The maximum atomic E-state index is 12.0. The number of amides is 1. The summed E-state index contributed by atoms with van der Waals surface area (Å²) >= 11 is 29.8. The Morgan fingerprint density at radius 3 is 2.08 bits per heavy atom. The summed E-state index contributed by atoms with van der Waals surface area (Å²) in [5.74, 6) is -0.651. The summed E-state index contributed by atoms with van der Waals surface area (Å²) in [5.41, 5.74) is 0.923. The maximum Gasteiger partial charge on any atom is 0.262 e. The molecule has 0 bridgehead atoms. The lowest BCUT2D eigenvalue weighted by molar-refractivity contribution is -0.118. The Balaban J connectivity index is 2.11. The lowest BCUT2D eigenvalue weighted by Crippen LogP contribution is -2.20. The molecule has 132 valence electrons. The van der Waals surface area contributed by atoms with E-state index >= 15 is 0 Å². The molecule has 0 unspecified atom stereocenters. The van der Waals surface area contributed by atoms with Crippen LogP contribution in [0.1, 0.15) is 17.3 Å². The third-order valence-corrected chi connectivity index (χ3v) is 5.31. The van der Waals surface area contributed by atoms with E-state index in [-0.39, 0.29) is 36.6 Å². The first-order valence-electron chi connectivity index (χ1n) is 6.77. The van der Waals surface area contributed by atoms with Crippen molar-refractivity contribution in [1.82, 2.24) is 0 Å². The van der Waals surface area contributed by atoms with Crippen molar-refractivity contribution in [2.24, 2.45) is 0 Å². The van der Waals surface area contributed by atoms with Crippen LogP contribution < -0.4 is 10.1 Å². The summed E-state index contributed by atoms with van der Waals surface area (Å²) in [6.45, 7) is 1.03. The van der Waals surface area contributed by atoms with Crippen molar-refractivity contribution in [3.8, 4) is 5.75 Å². The second-order valence-electron chi connectivity index (χ2n) is 4.87. The Morgan fingerprint density at radius 2 is 1.52 bits per heavy atom. The first-order valence-corrected chi connectivity index (χ1v) is 8.66. The van der Waals surface area contributed by atoms with E-state index in [2.05, 4.69) is 5.32 Å². The number of carbonyl (C=O) groups excluding carboxylic acids is 2. The van der Waals surface area contributed by atoms with E-state index in [9.17, 15) is 9.59 Å². The topological polar surface area (TPSA) is 55.4 Å². The van der Waals surface area contributed by atoms with Gasteiger partial charge in [0.15, 0.2) is 18.1 Å². The van der Waals surface area contributed by atoms with Crippen LogP contribution in [0.5, 0.6) is 5.75 Å². The van der Waals surface area contributed by atoms with E-state index in [1.807, 2.05) is 0 Å². The van der Waals surface area contributed by atoms with Crippen molar-refractivity contribution in [3.05, 3.63) is 54.9 Å². The van der Waals surface area contributed by atoms with Crippen LogP contribution in [0.15, 0.2) is 24.3 Å². The molecule has 0 atom stereocenters. The number of ketones is 1. The highest BCUT2D eigenvalue weighted by atomic mass is 35.5. The van der Waals surface area contributed by atoms with Gasteiger partial charge in [0, 0.05) is 11.3 Å². The lowest BCUT2D eigenvalue weighted by atomic mass is 10.1. The van der Waals surface area contributed by atoms with Crippen LogP contribution in [0, 0.1) is 0 Å². The van der Waals surface area contributed by atoms with Crippen molar-refractivity contribution in [3.63, 3.8) is 0 Å². The molecule has 2 aromatic rings. The third-order valence-electron chi connectivity index (χ3n) is 3.07. The van der Waals surface area contributed by atoms with Crippen LogP contribution in [-0.4, -0.2) is 18.3 Å². The van der Waals surface area contributed by atoms with Gasteiger partial charge in [0.25, 0.3) is 5.91 Å². The summed E-state index contributed by atoms with van der Waals surface area (Å²) in [5, 5.41) is 2.44. The van der Waals surface area contributed by atoms with Gasteiger partial charge in [-0.2, -0.15) is 0 Å². The number of rotatable bonds is 5. The summed E-state index contributed by atoms with van der Waals surface area (Å²) < 4.78 is 5.33. The van der Waals surface area contributed by atoms with E-state index in [1.54, 1.807) is 24.3 Å². The minimum Gasteiger partial charge on any atom is -0.481 e. The molecule has 0 fully saturated rings. The average molecular weight is 442 g/mol. The maximum absolute atomic E-state index is 12.0. The minimum absolute atomic E-state index is 0.00353. The highest BCUT2D eigenvalue weighted by Gasteiger charge is 2.21. The van der Waals surface area contributed by atoms with Crippen LogP contribution in [0.4, 0.5) is 5.69 Å². The second-order valence-corrected chi connectivity index (χ2v) is 6.76. The molecule has 0 aliphatic rings. The predicted octanol–water partition coefficient (Wildman–Crippen LogP) is 6.17. The molecule has 2 aromatic carbocycles. The fourth-order valence-electron chi connectivity index (χ4n) is 1.86. The molecule has 4 nitrogen and oxygen atoms in total. The Labute approximate surface area is 168 Å². The first-order chi connectivity index (χ1) is 11.7.